The molecule has 0 bridgehead atoms. The van der Waals surface area contributed by atoms with E-state index in [9.17, 15) is 0 Å². The maximum atomic E-state index is 6.24. The van der Waals surface area contributed by atoms with E-state index in [4.69, 9.17) is 5.73 Å². The summed E-state index contributed by atoms with van der Waals surface area (Å²) in [6.45, 7) is 3.20. The predicted octanol–water partition coefficient (Wildman–Crippen LogP) is 1.27. The van der Waals surface area contributed by atoms with Crippen LogP contribution in [0.5, 0.6) is 0 Å². The minimum atomic E-state index is 0.857. The molecule has 0 fully saturated rings. The lowest BCUT2D eigenvalue weighted by molar-refractivity contribution is 0.685. The summed E-state index contributed by atoms with van der Waals surface area (Å²) in [6, 6.07) is 0. The molecular formula is C15H18N2. The Morgan fingerprint density at radius 1 is 1.35 bits per heavy atom. The van der Waals surface area contributed by atoms with Crippen LogP contribution in [0, 0.1) is 0 Å². The van der Waals surface area contributed by atoms with Gasteiger partial charge in [-0.3, -0.25) is 0 Å². The number of aromatic nitrogens is 1. The van der Waals surface area contributed by atoms with E-state index in [0.29, 0.717) is 0 Å². The summed E-state index contributed by atoms with van der Waals surface area (Å²) in [7, 11) is 0. The molecule has 1 heterocycles. The van der Waals surface area contributed by atoms with Crippen LogP contribution >= 0.6 is 0 Å². The molecule has 2 heteroatoms. The topological polar surface area (TPSA) is 30.9 Å². The van der Waals surface area contributed by atoms with Crippen molar-refractivity contribution in [2.75, 3.05) is 0 Å². The molecule has 2 nitrogen and oxygen atoms in total. The highest BCUT2D eigenvalue weighted by atomic mass is 15.0. The van der Waals surface area contributed by atoms with Crippen molar-refractivity contribution in [3.05, 3.63) is 40.1 Å². The zero-order valence-corrected chi connectivity index (χ0v) is 10.2. The summed E-state index contributed by atoms with van der Waals surface area (Å²) in [6.07, 6.45) is 14.1. The molecule has 0 spiro atoms. The zero-order valence-electron chi connectivity index (χ0n) is 10.2. The quantitative estimate of drug-likeness (QED) is 0.768. The zero-order chi connectivity index (χ0) is 11.8. The van der Waals surface area contributed by atoms with E-state index < -0.39 is 0 Å². The Balaban J connectivity index is 2.49. The van der Waals surface area contributed by atoms with Gasteiger partial charge in [0.1, 0.15) is 0 Å². The highest BCUT2D eigenvalue weighted by molar-refractivity contribution is 5.63. The molecule has 2 N–H and O–H groups in total. The van der Waals surface area contributed by atoms with Crippen molar-refractivity contribution in [3.8, 4) is 0 Å². The third-order valence-corrected chi connectivity index (χ3v) is 3.64. The van der Waals surface area contributed by atoms with Gasteiger partial charge in [-0.1, -0.05) is 30.4 Å². The van der Waals surface area contributed by atoms with Crippen molar-refractivity contribution >= 4 is 17.8 Å². The van der Waals surface area contributed by atoms with E-state index in [1.807, 2.05) is 0 Å². The summed E-state index contributed by atoms with van der Waals surface area (Å²) >= 11 is 0. The van der Waals surface area contributed by atoms with E-state index in [1.54, 1.807) is 0 Å². The number of hydrogen-bond donors (Lipinski definition) is 1. The average molecular weight is 226 g/mol. The molecule has 0 aliphatic heterocycles. The van der Waals surface area contributed by atoms with Crippen LogP contribution in [-0.2, 0) is 13.0 Å². The second-order valence-corrected chi connectivity index (χ2v) is 4.63. The van der Waals surface area contributed by atoms with Gasteiger partial charge in [-0.05, 0) is 19.8 Å². The number of hydrogen-bond acceptors (Lipinski definition) is 1. The van der Waals surface area contributed by atoms with Crippen molar-refractivity contribution in [2.45, 2.75) is 32.7 Å². The van der Waals surface area contributed by atoms with Crippen LogP contribution < -0.4 is 16.3 Å². The van der Waals surface area contributed by atoms with Gasteiger partial charge in [-0.2, -0.15) is 0 Å². The van der Waals surface area contributed by atoms with Crippen LogP contribution in [0.2, 0.25) is 0 Å². The van der Waals surface area contributed by atoms with E-state index in [1.165, 1.54) is 21.8 Å². The molecule has 0 radical (unpaired) electrons. The Morgan fingerprint density at radius 3 is 3.06 bits per heavy atom. The molecule has 0 unspecified atom stereocenters. The van der Waals surface area contributed by atoms with Gasteiger partial charge in [-0.25, -0.2) is 0 Å². The van der Waals surface area contributed by atoms with Gasteiger partial charge in [0.25, 0.3) is 0 Å². The first-order valence-corrected chi connectivity index (χ1v) is 6.36. The Morgan fingerprint density at radius 2 is 2.24 bits per heavy atom. The molecule has 0 aromatic carbocycles. The number of allylic oxidation sites excluding steroid dienone is 2. The van der Waals surface area contributed by atoms with E-state index in [0.717, 1.165) is 31.5 Å². The van der Waals surface area contributed by atoms with Gasteiger partial charge in [-0.15, -0.1) is 0 Å². The minimum Gasteiger partial charge on any atom is -0.400 e. The molecule has 1 aromatic rings. The maximum Gasteiger partial charge on any atom is 0.0682 e. The molecule has 0 atom stereocenters. The second-order valence-electron chi connectivity index (χ2n) is 4.63. The molecule has 3 rings (SSSR count). The molecule has 2 aliphatic rings. The van der Waals surface area contributed by atoms with Crippen LogP contribution in [0.25, 0.3) is 17.8 Å². The van der Waals surface area contributed by atoms with Crippen LogP contribution in [0.1, 0.15) is 31.0 Å². The third kappa shape index (κ3) is 1.47. The number of fused-ring (bicyclic) bond motifs is 3. The lowest BCUT2D eigenvalue weighted by Crippen LogP contribution is -2.34. The molecule has 2 aliphatic carbocycles. The van der Waals surface area contributed by atoms with Gasteiger partial charge in [0.15, 0.2) is 0 Å². The molecule has 0 amide bonds. The smallest absolute Gasteiger partial charge is 0.0682 e. The van der Waals surface area contributed by atoms with Crippen LogP contribution in [0.4, 0.5) is 0 Å². The van der Waals surface area contributed by atoms with Crippen molar-refractivity contribution in [3.63, 3.8) is 0 Å². The Bertz CT molecular complexity index is 627. The summed E-state index contributed by atoms with van der Waals surface area (Å²) in [4.78, 5) is 0. The number of rotatable bonds is 1. The molecule has 1 aromatic heterocycles. The average Bonchev–Trinajstić information content (AvgIpc) is 2.56. The summed E-state index contributed by atoms with van der Waals surface area (Å²) in [5.41, 5.74) is 10.1. The molecule has 88 valence electrons. The van der Waals surface area contributed by atoms with Crippen LogP contribution in [-0.4, -0.2) is 4.57 Å². The van der Waals surface area contributed by atoms with Gasteiger partial charge in [0, 0.05) is 35.1 Å². The normalized spacial score (nSPS) is 17.4. The lowest BCUT2D eigenvalue weighted by atomic mass is 10.0. The Labute approximate surface area is 101 Å². The Hall–Kier alpha value is -1.70. The Kier molecular flexibility index (Phi) is 2.43. The largest absolute Gasteiger partial charge is 0.400 e. The third-order valence-electron chi connectivity index (χ3n) is 3.64. The van der Waals surface area contributed by atoms with Crippen molar-refractivity contribution in [1.82, 2.24) is 4.57 Å². The minimum absolute atomic E-state index is 0.857. The van der Waals surface area contributed by atoms with Gasteiger partial charge >= 0.3 is 0 Å². The van der Waals surface area contributed by atoms with Gasteiger partial charge in [0.05, 0.1) is 5.35 Å². The number of nitrogens with two attached hydrogens (primary N) is 1. The second kappa shape index (κ2) is 3.95. The summed E-state index contributed by atoms with van der Waals surface area (Å²) in [5.74, 6) is 0. The van der Waals surface area contributed by atoms with Crippen molar-refractivity contribution in [1.29, 1.82) is 0 Å². The first-order valence-electron chi connectivity index (χ1n) is 6.36. The highest BCUT2D eigenvalue weighted by Crippen LogP contribution is 2.16. The molecule has 0 saturated heterocycles. The van der Waals surface area contributed by atoms with E-state index >= 15 is 0 Å². The van der Waals surface area contributed by atoms with E-state index in [2.05, 4.69) is 41.9 Å². The fourth-order valence-electron chi connectivity index (χ4n) is 2.91. The van der Waals surface area contributed by atoms with Gasteiger partial charge in [0.2, 0.25) is 0 Å². The molecule has 0 saturated carbocycles. The number of nitrogens with zero attached hydrogens (tertiary/aromatic N) is 1. The van der Waals surface area contributed by atoms with Gasteiger partial charge < -0.3 is 10.3 Å². The van der Waals surface area contributed by atoms with Crippen LogP contribution in [0.3, 0.4) is 0 Å². The first-order chi connectivity index (χ1) is 8.33. The first kappa shape index (κ1) is 10.5. The predicted molar refractivity (Wildman–Crippen MR) is 72.5 cm³/mol. The highest BCUT2D eigenvalue weighted by Gasteiger charge is 2.15. The summed E-state index contributed by atoms with van der Waals surface area (Å²) < 4.78 is 2.40. The maximum absolute atomic E-state index is 6.24. The SMILES string of the molecule is CCn1c2c(c3c1=C(N)CC=CC=3)C=CCC2. The fraction of sp³-hybridized carbons (Fsp3) is 0.333. The summed E-state index contributed by atoms with van der Waals surface area (Å²) in [5, 5.41) is 2.55. The van der Waals surface area contributed by atoms with E-state index in [-0.39, 0.29) is 0 Å². The molecule has 17 heavy (non-hydrogen) atoms. The molecular weight excluding hydrogens is 208 g/mol. The van der Waals surface area contributed by atoms with Crippen molar-refractivity contribution in [2.24, 2.45) is 5.73 Å². The van der Waals surface area contributed by atoms with Crippen LogP contribution in [0.15, 0.2) is 18.2 Å². The monoisotopic (exact) mass is 226 g/mol. The fourth-order valence-corrected chi connectivity index (χ4v) is 2.91. The standard InChI is InChI=1S/C15H18N2/c1-2-17-14-10-6-4-7-11(14)12-8-3-5-9-13(16)15(12)17/h3-5,7-8H,2,6,9-10,16H2,1H3. The lowest BCUT2D eigenvalue weighted by Gasteiger charge is -2.11. The van der Waals surface area contributed by atoms with Crippen molar-refractivity contribution < 1.29 is 0 Å².